The van der Waals surface area contributed by atoms with Crippen LogP contribution >= 0.6 is 0 Å². The molecular formula is C16H18FN3O3S. The SMILES string of the molecule is O=S(O)C(c1nc2n(n1)[C@H](c1ccccc1)C[C@@H]2F)C1(CO)CC1. The average Bonchev–Trinajstić information content (AvgIpc) is 3.14. The molecule has 1 aromatic heterocycles. The molecule has 0 radical (unpaired) electrons. The summed E-state index contributed by atoms with van der Waals surface area (Å²) in [6, 6.07) is 9.21. The second-order valence-corrected chi connectivity index (χ2v) is 7.60. The first-order valence-electron chi connectivity index (χ1n) is 7.91. The van der Waals surface area contributed by atoms with Gasteiger partial charge in [0.05, 0.1) is 12.6 Å². The van der Waals surface area contributed by atoms with Crippen LogP contribution in [-0.4, -0.2) is 35.2 Å². The topological polar surface area (TPSA) is 88.2 Å². The minimum atomic E-state index is -2.22. The number of hydrogen-bond donors (Lipinski definition) is 2. The highest BCUT2D eigenvalue weighted by atomic mass is 32.2. The summed E-state index contributed by atoms with van der Waals surface area (Å²) in [5.41, 5.74) is 0.274. The number of aliphatic hydroxyl groups is 1. The fourth-order valence-corrected chi connectivity index (χ4v) is 4.52. The van der Waals surface area contributed by atoms with Crippen molar-refractivity contribution in [2.24, 2.45) is 5.41 Å². The molecule has 8 heteroatoms. The van der Waals surface area contributed by atoms with Gasteiger partial charge < -0.3 is 9.66 Å². The molecule has 1 aliphatic carbocycles. The number of rotatable bonds is 5. The molecule has 2 heterocycles. The molecule has 2 N–H and O–H groups in total. The highest BCUT2D eigenvalue weighted by molar-refractivity contribution is 7.79. The van der Waals surface area contributed by atoms with E-state index in [0.717, 1.165) is 5.56 Å². The Morgan fingerprint density at radius 2 is 2.08 bits per heavy atom. The Hall–Kier alpha value is -1.64. The summed E-state index contributed by atoms with van der Waals surface area (Å²) >= 11 is -2.22. The van der Waals surface area contributed by atoms with E-state index in [0.29, 0.717) is 12.8 Å². The van der Waals surface area contributed by atoms with Gasteiger partial charge in [0.15, 0.2) is 28.9 Å². The van der Waals surface area contributed by atoms with Gasteiger partial charge >= 0.3 is 0 Å². The molecule has 0 amide bonds. The third-order valence-electron chi connectivity index (χ3n) is 5.06. The number of benzene rings is 1. The molecule has 1 fully saturated rings. The van der Waals surface area contributed by atoms with E-state index >= 15 is 0 Å². The van der Waals surface area contributed by atoms with Gasteiger partial charge in [0, 0.05) is 11.8 Å². The maximum atomic E-state index is 14.4. The number of nitrogens with zero attached hydrogens (tertiary/aromatic N) is 3. The second-order valence-electron chi connectivity index (χ2n) is 6.58. The number of halogens is 1. The molecule has 2 aliphatic rings. The summed E-state index contributed by atoms with van der Waals surface area (Å²) in [5, 5.41) is 13.1. The molecule has 1 saturated carbocycles. The van der Waals surface area contributed by atoms with Crippen molar-refractivity contribution in [3.63, 3.8) is 0 Å². The lowest BCUT2D eigenvalue weighted by molar-refractivity contribution is 0.202. The summed E-state index contributed by atoms with van der Waals surface area (Å²) in [7, 11) is 0. The van der Waals surface area contributed by atoms with Gasteiger partial charge in [-0.25, -0.2) is 18.3 Å². The highest BCUT2D eigenvalue weighted by Gasteiger charge is 2.54. The molecule has 128 valence electrons. The van der Waals surface area contributed by atoms with Crippen molar-refractivity contribution in [3.8, 4) is 0 Å². The Kier molecular flexibility index (Phi) is 3.78. The molecule has 0 bridgehead atoms. The van der Waals surface area contributed by atoms with Gasteiger partial charge in [0.25, 0.3) is 0 Å². The van der Waals surface area contributed by atoms with Gasteiger partial charge in [0.2, 0.25) is 0 Å². The lowest BCUT2D eigenvalue weighted by Gasteiger charge is -2.19. The minimum absolute atomic E-state index is 0.153. The van der Waals surface area contributed by atoms with Crippen molar-refractivity contribution >= 4 is 11.1 Å². The number of alkyl halides is 1. The van der Waals surface area contributed by atoms with Crippen LogP contribution in [0.3, 0.4) is 0 Å². The Morgan fingerprint density at radius 1 is 1.38 bits per heavy atom. The van der Waals surface area contributed by atoms with E-state index in [9.17, 15) is 18.3 Å². The van der Waals surface area contributed by atoms with Crippen LogP contribution in [0.15, 0.2) is 30.3 Å². The fraction of sp³-hybridized carbons (Fsp3) is 0.500. The van der Waals surface area contributed by atoms with E-state index in [1.807, 2.05) is 30.3 Å². The zero-order valence-electron chi connectivity index (χ0n) is 12.9. The molecule has 0 spiro atoms. The Bertz CT molecular complexity index is 778. The Morgan fingerprint density at radius 3 is 2.67 bits per heavy atom. The minimum Gasteiger partial charge on any atom is -0.396 e. The van der Waals surface area contributed by atoms with E-state index in [4.69, 9.17) is 0 Å². The van der Waals surface area contributed by atoms with Crippen molar-refractivity contribution in [2.75, 3.05) is 6.61 Å². The standard InChI is InChI=1S/C16H18FN3O3S/c17-11-8-12(10-4-2-1-3-5-10)20-15(11)18-14(19-20)13(24(22)23)16(9-21)6-7-16/h1-5,11-13,21H,6-9H2,(H,22,23)/t11-,12-,13?/m0/s1. The zero-order chi connectivity index (χ0) is 16.9. The lowest BCUT2D eigenvalue weighted by atomic mass is 10.0. The zero-order valence-corrected chi connectivity index (χ0v) is 13.7. The number of fused-ring (bicyclic) bond motifs is 1. The summed E-state index contributed by atoms with van der Waals surface area (Å²) in [4.78, 5) is 4.24. The Labute approximate surface area is 141 Å². The first kappa shape index (κ1) is 15.9. The second kappa shape index (κ2) is 5.72. The van der Waals surface area contributed by atoms with E-state index < -0.39 is 27.9 Å². The van der Waals surface area contributed by atoms with Gasteiger partial charge in [0.1, 0.15) is 5.25 Å². The maximum Gasteiger partial charge on any atom is 0.169 e. The normalized spacial score (nSPS) is 26.8. The summed E-state index contributed by atoms with van der Waals surface area (Å²) in [6.45, 7) is -0.199. The van der Waals surface area contributed by atoms with Crippen molar-refractivity contribution in [3.05, 3.63) is 47.5 Å². The molecule has 2 unspecified atom stereocenters. The first-order valence-corrected chi connectivity index (χ1v) is 9.08. The molecule has 1 aliphatic heterocycles. The van der Waals surface area contributed by atoms with Gasteiger partial charge in [-0.2, -0.15) is 5.10 Å². The van der Waals surface area contributed by atoms with Crippen LogP contribution in [0.4, 0.5) is 4.39 Å². The molecule has 24 heavy (non-hydrogen) atoms. The number of hydrogen-bond acceptors (Lipinski definition) is 4. The lowest BCUT2D eigenvalue weighted by Crippen LogP contribution is -2.24. The van der Waals surface area contributed by atoms with Crippen LogP contribution in [0.2, 0.25) is 0 Å². The third-order valence-corrected chi connectivity index (χ3v) is 6.18. The molecule has 4 rings (SSSR count). The monoisotopic (exact) mass is 351 g/mol. The van der Waals surface area contributed by atoms with E-state index in [2.05, 4.69) is 10.1 Å². The summed E-state index contributed by atoms with van der Waals surface area (Å²) in [5.74, 6) is 0.351. The van der Waals surface area contributed by atoms with Crippen molar-refractivity contribution in [2.45, 2.75) is 36.7 Å². The quantitative estimate of drug-likeness (QED) is 0.807. The summed E-state index contributed by atoms with van der Waals surface area (Å²) in [6.07, 6.45) is 0.294. The van der Waals surface area contributed by atoms with Crippen molar-refractivity contribution in [1.29, 1.82) is 0 Å². The van der Waals surface area contributed by atoms with Crippen molar-refractivity contribution in [1.82, 2.24) is 14.8 Å². The fourth-order valence-electron chi connectivity index (χ4n) is 3.50. The molecule has 4 atom stereocenters. The summed E-state index contributed by atoms with van der Waals surface area (Å²) < 4.78 is 37.5. The van der Waals surface area contributed by atoms with E-state index in [1.54, 1.807) is 0 Å². The third kappa shape index (κ3) is 2.40. The van der Waals surface area contributed by atoms with Gasteiger partial charge in [-0.1, -0.05) is 30.3 Å². The van der Waals surface area contributed by atoms with Crippen LogP contribution in [0, 0.1) is 5.41 Å². The predicted molar refractivity (Wildman–Crippen MR) is 85.3 cm³/mol. The molecule has 1 aromatic carbocycles. The number of aromatic nitrogens is 3. The van der Waals surface area contributed by atoms with Crippen LogP contribution in [0.25, 0.3) is 0 Å². The average molecular weight is 351 g/mol. The molecule has 6 nitrogen and oxygen atoms in total. The number of aliphatic hydroxyl groups excluding tert-OH is 1. The van der Waals surface area contributed by atoms with E-state index in [1.165, 1.54) is 4.68 Å². The van der Waals surface area contributed by atoms with Gasteiger partial charge in [-0.05, 0) is 18.4 Å². The smallest absolute Gasteiger partial charge is 0.169 e. The maximum absolute atomic E-state index is 14.4. The first-order chi connectivity index (χ1) is 11.6. The van der Waals surface area contributed by atoms with Crippen LogP contribution < -0.4 is 0 Å². The van der Waals surface area contributed by atoms with E-state index in [-0.39, 0.29) is 30.7 Å². The predicted octanol–water partition coefficient (Wildman–Crippen LogP) is 2.32. The largest absolute Gasteiger partial charge is 0.396 e. The van der Waals surface area contributed by atoms with Crippen LogP contribution in [-0.2, 0) is 11.1 Å². The Balaban J connectivity index is 1.74. The molecular weight excluding hydrogens is 333 g/mol. The molecule has 2 aromatic rings. The van der Waals surface area contributed by atoms with Gasteiger partial charge in [-0.3, -0.25) is 0 Å². The van der Waals surface area contributed by atoms with Gasteiger partial charge in [-0.15, -0.1) is 0 Å². The van der Waals surface area contributed by atoms with Crippen molar-refractivity contribution < 1.29 is 18.3 Å². The van der Waals surface area contributed by atoms with Crippen LogP contribution in [0.5, 0.6) is 0 Å². The molecule has 0 saturated heterocycles. The van der Waals surface area contributed by atoms with Crippen LogP contribution in [0.1, 0.15) is 53.9 Å². The highest BCUT2D eigenvalue weighted by Crippen LogP contribution is 2.56.